The second-order valence-electron chi connectivity index (χ2n) is 5.95. The van der Waals surface area contributed by atoms with E-state index in [0.29, 0.717) is 11.9 Å². The molecule has 0 atom stereocenters. The summed E-state index contributed by atoms with van der Waals surface area (Å²) in [6, 6.07) is 8.35. The van der Waals surface area contributed by atoms with Crippen LogP contribution in [0.3, 0.4) is 0 Å². The molecule has 2 fully saturated rings. The molecule has 1 aromatic carbocycles. The Morgan fingerprint density at radius 1 is 1.33 bits per heavy atom. The van der Waals surface area contributed by atoms with Crippen molar-refractivity contribution in [2.45, 2.75) is 37.1 Å². The minimum absolute atomic E-state index is 0. The van der Waals surface area contributed by atoms with E-state index in [0.717, 1.165) is 49.4 Å². The first-order valence-corrected chi connectivity index (χ1v) is 7.76. The molecule has 1 aliphatic carbocycles. The third kappa shape index (κ3) is 3.20. The van der Waals surface area contributed by atoms with Crippen molar-refractivity contribution in [2.24, 2.45) is 0 Å². The van der Waals surface area contributed by atoms with Crippen molar-refractivity contribution in [3.05, 3.63) is 34.9 Å². The van der Waals surface area contributed by atoms with E-state index in [-0.39, 0.29) is 17.8 Å². The third-order valence-electron chi connectivity index (χ3n) is 4.73. The van der Waals surface area contributed by atoms with Crippen molar-refractivity contribution in [1.29, 1.82) is 0 Å². The highest BCUT2D eigenvalue weighted by atomic mass is 35.5. The van der Waals surface area contributed by atoms with Gasteiger partial charge in [-0.25, -0.2) is 0 Å². The summed E-state index contributed by atoms with van der Waals surface area (Å²) in [6.07, 6.45) is 4.01. The summed E-state index contributed by atoms with van der Waals surface area (Å²) in [4.78, 5) is 14.9. The van der Waals surface area contributed by atoms with Crippen LogP contribution in [0.2, 0.25) is 5.02 Å². The molecule has 1 aromatic rings. The zero-order valence-electron chi connectivity index (χ0n) is 12.3. The SMILES string of the molecule is CNC1CCN(C(=O)C2(c3cccc(Cl)c3)CC2)CC1.Cl. The molecule has 1 amide bonds. The second kappa shape index (κ2) is 6.55. The fraction of sp³-hybridized carbons (Fsp3) is 0.562. The van der Waals surface area contributed by atoms with E-state index in [2.05, 4.69) is 5.32 Å². The molecule has 1 saturated heterocycles. The summed E-state index contributed by atoms with van der Waals surface area (Å²) < 4.78 is 0. The molecule has 3 rings (SSSR count). The van der Waals surface area contributed by atoms with Gasteiger partial charge in [-0.05, 0) is 50.4 Å². The summed E-state index contributed by atoms with van der Waals surface area (Å²) in [5.74, 6) is 0.300. The topological polar surface area (TPSA) is 32.3 Å². The predicted octanol–water partition coefficient (Wildman–Crippen LogP) is 3.00. The van der Waals surface area contributed by atoms with Gasteiger partial charge in [0.15, 0.2) is 0 Å². The lowest BCUT2D eigenvalue weighted by Crippen LogP contribution is -2.47. The Balaban J connectivity index is 0.00000161. The number of rotatable bonds is 3. The summed E-state index contributed by atoms with van der Waals surface area (Å²) in [5, 5.41) is 4.02. The van der Waals surface area contributed by atoms with Crippen LogP contribution < -0.4 is 5.32 Å². The van der Waals surface area contributed by atoms with Gasteiger partial charge in [0.2, 0.25) is 5.91 Å². The normalized spacial score (nSPS) is 20.8. The smallest absolute Gasteiger partial charge is 0.233 e. The molecule has 1 saturated carbocycles. The Hall–Kier alpha value is -0.770. The molecule has 0 spiro atoms. The monoisotopic (exact) mass is 328 g/mol. The number of likely N-dealkylation sites (tertiary alicyclic amines) is 1. The summed E-state index contributed by atoms with van der Waals surface area (Å²) in [5.41, 5.74) is 0.808. The highest BCUT2D eigenvalue weighted by Crippen LogP contribution is 2.50. The maximum absolute atomic E-state index is 12.9. The highest BCUT2D eigenvalue weighted by Gasteiger charge is 2.53. The molecule has 1 heterocycles. The zero-order chi connectivity index (χ0) is 14.2. The van der Waals surface area contributed by atoms with E-state index in [1.165, 1.54) is 0 Å². The molecule has 116 valence electrons. The van der Waals surface area contributed by atoms with E-state index in [1.807, 2.05) is 36.2 Å². The highest BCUT2D eigenvalue weighted by molar-refractivity contribution is 6.30. The van der Waals surface area contributed by atoms with Gasteiger partial charge in [0.25, 0.3) is 0 Å². The number of halogens is 2. The van der Waals surface area contributed by atoms with Crippen LogP contribution in [0, 0.1) is 0 Å². The Kier molecular flexibility index (Phi) is 5.18. The molecule has 3 nitrogen and oxygen atoms in total. The zero-order valence-corrected chi connectivity index (χ0v) is 13.8. The molecule has 0 radical (unpaired) electrons. The Morgan fingerprint density at radius 2 is 2.00 bits per heavy atom. The van der Waals surface area contributed by atoms with Crippen molar-refractivity contribution in [3.63, 3.8) is 0 Å². The average molecular weight is 329 g/mol. The minimum atomic E-state index is -0.280. The first-order valence-electron chi connectivity index (χ1n) is 7.38. The van der Waals surface area contributed by atoms with Crippen LogP contribution in [0.4, 0.5) is 0 Å². The Morgan fingerprint density at radius 3 is 2.52 bits per heavy atom. The number of nitrogens with zero attached hydrogens (tertiary/aromatic N) is 1. The second-order valence-corrected chi connectivity index (χ2v) is 6.38. The first kappa shape index (κ1) is 16.6. The summed E-state index contributed by atoms with van der Waals surface area (Å²) in [7, 11) is 2.00. The number of hydrogen-bond donors (Lipinski definition) is 1. The molecule has 0 bridgehead atoms. The van der Waals surface area contributed by atoms with Crippen LogP contribution in [0.5, 0.6) is 0 Å². The molecule has 2 aliphatic rings. The van der Waals surface area contributed by atoms with Crippen LogP contribution in [-0.2, 0) is 10.2 Å². The molecular formula is C16H22Cl2N2O. The molecule has 1 N–H and O–H groups in total. The van der Waals surface area contributed by atoms with E-state index < -0.39 is 0 Å². The van der Waals surface area contributed by atoms with Gasteiger partial charge in [0.05, 0.1) is 5.41 Å². The van der Waals surface area contributed by atoms with Gasteiger partial charge in [-0.15, -0.1) is 12.4 Å². The van der Waals surface area contributed by atoms with Crippen LogP contribution in [0.25, 0.3) is 0 Å². The van der Waals surface area contributed by atoms with Crippen LogP contribution >= 0.6 is 24.0 Å². The number of piperidine rings is 1. The largest absolute Gasteiger partial charge is 0.342 e. The lowest BCUT2D eigenvalue weighted by atomic mass is 9.93. The number of amides is 1. The fourth-order valence-corrected chi connectivity index (χ4v) is 3.40. The maximum atomic E-state index is 12.9. The van der Waals surface area contributed by atoms with Crippen LogP contribution in [-0.4, -0.2) is 37.0 Å². The summed E-state index contributed by atoms with van der Waals surface area (Å²) >= 11 is 6.07. The van der Waals surface area contributed by atoms with Crippen molar-refractivity contribution < 1.29 is 4.79 Å². The fourth-order valence-electron chi connectivity index (χ4n) is 3.21. The van der Waals surface area contributed by atoms with E-state index in [9.17, 15) is 4.79 Å². The van der Waals surface area contributed by atoms with Crippen molar-refractivity contribution in [1.82, 2.24) is 10.2 Å². The van der Waals surface area contributed by atoms with Crippen molar-refractivity contribution in [2.75, 3.05) is 20.1 Å². The number of carbonyl (C=O) groups is 1. The maximum Gasteiger partial charge on any atom is 0.233 e. The average Bonchev–Trinajstić information content (AvgIpc) is 3.28. The van der Waals surface area contributed by atoms with Gasteiger partial charge in [-0.2, -0.15) is 0 Å². The summed E-state index contributed by atoms with van der Waals surface area (Å²) in [6.45, 7) is 1.74. The predicted molar refractivity (Wildman–Crippen MR) is 88.3 cm³/mol. The Labute approximate surface area is 137 Å². The van der Waals surface area contributed by atoms with Gasteiger partial charge < -0.3 is 10.2 Å². The quantitative estimate of drug-likeness (QED) is 0.925. The molecular weight excluding hydrogens is 307 g/mol. The number of nitrogens with one attached hydrogen (secondary N) is 1. The molecule has 1 aliphatic heterocycles. The Bertz CT molecular complexity index is 509. The van der Waals surface area contributed by atoms with Crippen LogP contribution in [0.15, 0.2) is 24.3 Å². The number of benzene rings is 1. The lowest BCUT2D eigenvalue weighted by molar-refractivity contribution is -0.135. The van der Waals surface area contributed by atoms with Gasteiger partial charge in [-0.3, -0.25) is 4.79 Å². The van der Waals surface area contributed by atoms with Gasteiger partial charge in [0.1, 0.15) is 0 Å². The molecule has 0 aromatic heterocycles. The number of hydrogen-bond acceptors (Lipinski definition) is 2. The van der Waals surface area contributed by atoms with Crippen molar-refractivity contribution >= 4 is 29.9 Å². The molecule has 21 heavy (non-hydrogen) atoms. The van der Waals surface area contributed by atoms with Crippen LogP contribution in [0.1, 0.15) is 31.2 Å². The lowest BCUT2D eigenvalue weighted by Gasteiger charge is -2.34. The first-order chi connectivity index (χ1) is 9.65. The van der Waals surface area contributed by atoms with E-state index >= 15 is 0 Å². The standard InChI is InChI=1S/C16H21ClN2O.ClH/c1-18-14-5-9-19(10-6-14)15(20)16(7-8-16)12-3-2-4-13(17)11-12;/h2-4,11,14,18H,5-10H2,1H3;1H. The van der Waals surface area contributed by atoms with Gasteiger partial charge in [-0.1, -0.05) is 23.7 Å². The van der Waals surface area contributed by atoms with E-state index in [4.69, 9.17) is 11.6 Å². The van der Waals surface area contributed by atoms with Gasteiger partial charge in [0, 0.05) is 24.2 Å². The minimum Gasteiger partial charge on any atom is -0.342 e. The molecule has 0 unspecified atom stereocenters. The molecule has 5 heteroatoms. The third-order valence-corrected chi connectivity index (χ3v) is 4.96. The van der Waals surface area contributed by atoms with E-state index in [1.54, 1.807) is 0 Å². The van der Waals surface area contributed by atoms with Crippen molar-refractivity contribution in [3.8, 4) is 0 Å². The van der Waals surface area contributed by atoms with Gasteiger partial charge >= 0.3 is 0 Å². The number of carbonyl (C=O) groups excluding carboxylic acids is 1.